The fourth-order valence-electron chi connectivity index (χ4n) is 4.39. The lowest BCUT2D eigenvalue weighted by atomic mass is 9.84. The second-order valence-corrected chi connectivity index (χ2v) is 7.02. The van der Waals surface area contributed by atoms with E-state index >= 15 is 0 Å². The Labute approximate surface area is 141 Å². The number of hydrogen-bond acceptors (Lipinski definition) is 5. The number of amides is 1. The van der Waals surface area contributed by atoms with Crippen LogP contribution in [0, 0.1) is 5.92 Å². The molecule has 128 valence electrons. The molecule has 0 bridgehead atoms. The lowest BCUT2D eigenvalue weighted by molar-refractivity contribution is -0.151. The number of aromatic nitrogens is 1. The molecule has 0 aromatic carbocycles. The molecule has 1 aromatic rings. The van der Waals surface area contributed by atoms with Crippen molar-refractivity contribution in [2.75, 3.05) is 31.1 Å². The fourth-order valence-corrected chi connectivity index (χ4v) is 4.39. The third kappa shape index (κ3) is 2.64. The normalized spacial score (nSPS) is 26.0. The zero-order valence-corrected chi connectivity index (χ0v) is 13.8. The monoisotopic (exact) mass is 329 g/mol. The van der Waals surface area contributed by atoms with Crippen LogP contribution < -0.4 is 4.90 Å². The number of piperazine rings is 1. The van der Waals surface area contributed by atoms with Crippen molar-refractivity contribution in [3.63, 3.8) is 0 Å². The van der Waals surface area contributed by atoms with Gasteiger partial charge in [0.2, 0.25) is 5.91 Å². The van der Waals surface area contributed by atoms with Gasteiger partial charge < -0.3 is 14.5 Å². The third-order valence-corrected chi connectivity index (χ3v) is 5.69. The van der Waals surface area contributed by atoms with Gasteiger partial charge in [-0.2, -0.15) is 0 Å². The van der Waals surface area contributed by atoms with Crippen LogP contribution in [0.25, 0.3) is 0 Å². The molecule has 1 spiro atoms. The maximum Gasteiger partial charge on any atom is 0.307 e. The van der Waals surface area contributed by atoms with E-state index in [4.69, 9.17) is 4.74 Å². The van der Waals surface area contributed by atoms with Gasteiger partial charge in [-0.05, 0) is 37.8 Å². The molecule has 1 atom stereocenters. The number of rotatable bonds is 2. The van der Waals surface area contributed by atoms with Gasteiger partial charge in [0, 0.05) is 44.3 Å². The summed E-state index contributed by atoms with van der Waals surface area (Å²) >= 11 is 0. The maximum absolute atomic E-state index is 13.0. The molecular weight excluding hydrogens is 306 g/mol. The van der Waals surface area contributed by atoms with Crippen LogP contribution in [0.3, 0.4) is 0 Å². The molecular formula is C18H23N3O3. The summed E-state index contributed by atoms with van der Waals surface area (Å²) in [6.45, 7) is 3.01. The average molecular weight is 329 g/mol. The topological polar surface area (TPSA) is 62.7 Å². The van der Waals surface area contributed by atoms with E-state index in [1.54, 1.807) is 12.4 Å². The molecule has 2 saturated heterocycles. The highest BCUT2D eigenvalue weighted by molar-refractivity contribution is 5.88. The Bertz CT molecular complexity index is 620. The number of hydrogen-bond donors (Lipinski definition) is 0. The van der Waals surface area contributed by atoms with Gasteiger partial charge in [0.05, 0.1) is 12.3 Å². The van der Waals surface area contributed by atoms with Crippen LogP contribution in [0.4, 0.5) is 5.69 Å². The Morgan fingerprint density at radius 1 is 1.12 bits per heavy atom. The maximum atomic E-state index is 13.0. The van der Waals surface area contributed by atoms with Crippen molar-refractivity contribution in [1.82, 2.24) is 9.88 Å². The Morgan fingerprint density at radius 2 is 1.79 bits per heavy atom. The molecule has 3 fully saturated rings. The molecule has 1 aliphatic carbocycles. The Morgan fingerprint density at radius 3 is 2.46 bits per heavy atom. The molecule has 2 aliphatic heterocycles. The number of esters is 1. The lowest BCUT2D eigenvalue weighted by Crippen LogP contribution is -2.53. The van der Waals surface area contributed by atoms with Crippen LogP contribution in [0.2, 0.25) is 0 Å². The quantitative estimate of drug-likeness (QED) is 0.771. The first-order valence-electron chi connectivity index (χ1n) is 8.84. The molecule has 3 aliphatic rings. The Kier molecular flexibility index (Phi) is 3.90. The fraction of sp³-hybridized carbons (Fsp3) is 0.611. The predicted molar refractivity (Wildman–Crippen MR) is 88.4 cm³/mol. The van der Waals surface area contributed by atoms with E-state index < -0.39 is 5.60 Å². The molecule has 1 amide bonds. The van der Waals surface area contributed by atoms with E-state index in [1.807, 2.05) is 17.0 Å². The van der Waals surface area contributed by atoms with Crippen molar-refractivity contribution >= 4 is 17.6 Å². The zero-order chi connectivity index (χ0) is 16.6. The SMILES string of the molecule is O=C1C[C@@H](C(=O)N2CCN(c3ccncc3)CC2)C2(CCCC2)O1. The number of carbonyl (C=O) groups is 2. The first-order chi connectivity index (χ1) is 11.7. The standard InChI is InChI=1S/C18H23N3O3/c22-16-13-15(18(24-16)5-1-2-6-18)17(23)21-11-9-20(10-12-21)14-3-7-19-8-4-14/h3-4,7-8,15H,1-2,5-6,9-13H2/t15-/m0/s1. The van der Waals surface area contributed by atoms with Gasteiger partial charge in [-0.3, -0.25) is 14.6 Å². The lowest BCUT2D eigenvalue weighted by Gasteiger charge is -2.39. The summed E-state index contributed by atoms with van der Waals surface area (Å²) in [5.41, 5.74) is 0.639. The minimum absolute atomic E-state index is 0.108. The molecule has 6 nitrogen and oxygen atoms in total. The number of nitrogens with zero attached hydrogens (tertiary/aromatic N) is 3. The average Bonchev–Trinajstić information content (AvgIpc) is 3.22. The van der Waals surface area contributed by atoms with E-state index in [1.165, 1.54) is 0 Å². The largest absolute Gasteiger partial charge is 0.458 e. The summed E-state index contributed by atoms with van der Waals surface area (Å²) in [5.74, 6) is -0.372. The van der Waals surface area contributed by atoms with Crippen molar-refractivity contribution in [2.45, 2.75) is 37.7 Å². The highest BCUT2D eigenvalue weighted by atomic mass is 16.6. The smallest absolute Gasteiger partial charge is 0.307 e. The Hall–Kier alpha value is -2.11. The molecule has 24 heavy (non-hydrogen) atoms. The van der Waals surface area contributed by atoms with Gasteiger partial charge in [-0.25, -0.2) is 0 Å². The summed E-state index contributed by atoms with van der Waals surface area (Å²) in [4.78, 5) is 33.1. The first kappa shape index (κ1) is 15.4. The van der Waals surface area contributed by atoms with Gasteiger partial charge in [0.15, 0.2) is 0 Å². The molecule has 6 heteroatoms. The van der Waals surface area contributed by atoms with Gasteiger partial charge >= 0.3 is 5.97 Å². The van der Waals surface area contributed by atoms with E-state index in [0.29, 0.717) is 13.1 Å². The van der Waals surface area contributed by atoms with Crippen LogP contribution >= 0.6 is 0 Å². The third-order valence-electron chi connectivity index (χ3n) is 5.69. The van der Waals surface area contributed by atoms with E-state index in [9.17, 15) is 9.59 Å². The van der Waals surface area contributed by atoms with Crippen LogP contribution in [0.5, 0.6) is 0 Å². The van der Waals surface area contributed by atoms with Crippen molar-refractivity contribution in [1.29, 1.82) is 0 Å². The Balaban J connectivity index is 1.42. The van der Waals surface area contributed by atoms with Gasteiger partial charge in [0.1, 0.15) is 5.60 Å². The van der Waals surface area contributed by atoms with Gasteiger partial charge in [-0.15, -0.1) is 0 Å². The van der Waals surface area contributed by atoms with E-state index in [0.717, 1.165) is 44.5 Å². The molecule has 1 aromatic heterocycles. The van der Waals surface area contributed by atoms with Crippen molar-refractivity contribution in [3.8, 4) is 0 Å². The molecule has 1 saturated carbocycles. The number of ether oxygens (including phenoxy) is 1. The minimum Gasteiger partial charge on any atom is -0.458 e. The van der Waals surface area contributed by atoms with Crippen molar-refractivity contribution in [2.24, 2.45) is 5.92 Å². The second kappa shape index (κ2) is 6.07. The summed E-state index contributed by atoms with van der Waals surface area (Å²) < 4.78 is 5.62. The molecule has 4 rings (SSSR count). The summed E-state index contributed by atoms with van der Waals surface area (Å²) in [7, 11) is 0. The highest BCUT2D eigenvalue weighted by Gasteiger charge is 2.54. The first-order valence-corrected chi connectivity index (χ1v) is 8.84. The second-order valence-electron chi connectivity index (χ2n) is 7.02. The zero-order valence-electron chi connectivity index (χ0n) is 13.8. The van der Waals surface area contributed by atoms with Crippen molar-refractivity contribution < 1.29 is 14.3 Å². The van der Waals surface area contributed by atoms with Crippen LogP contribution in [0.1, 0.15) is 32.1 Å². The van der Waals surface area contributed by atoms with E-state index in [-0.39, 0.29) is 24.2 Å². The van der Waals surface area contributed by atoms with Crippen molar-refractivity contribution in [3.05, 3.63) is 24.5 Å². The summed E-state index contributed by atoms with van der Waals surface area (Å²) in [5, 5.41) is 0. The highest BCUT2D eigenvalue weighted by Crippen LogP contribution is 2.46. The number of anilines is 1. The molecule has 0 radical (unpaired) electrons. The number of carbonyl (C=O) groups excluding carboxylic acids is 2. The van der Waals surface area contributed by atoms with Crippen LogP contribution in [0.15, 0.2) is 24.5 Å². The summed E-state index contributed by atoms with van der Waals surface area (Å²) in [6, 6.07) is 3.99. The predicted octanol–water partition coefficient (Wildman–Crippen LogP) is 1.61. The molecule has 0 N–H and O–H groups in total. The molecule has 0 unspecified atom stereocenters. The minimum atomic E-state index is -0.504. The molecule has 3 heterocycles. The van der Waals surface area contributed by atoms with Crippen LogP contribution in [-0.2, 0) is 14.3 Å². The van der Waals surface area contributed by atoms with Crippen LogP contribution in [-0.4, -0.2) is 53.5 Å². The van der Waals surface area contributed by atoms with Gasteiger partial charge in [0.25, 0.3) is 0 Å². The van der Waals surface area contributed by atoms with Gasteiger partial charge in [-0.1, -0.05) is 0 Å². The summed E-state index contributed by atoms with van der Waals surface area (Å²) in [6.07, 6.45) is 7.61. The van der Waals surface area contributed by atoms with E-state index in [2.05, 4.69) is 9.88 Å². The number of pyridine rings is 1.